The molecule has 6 atom stereocenters. The molecule has 2 unspecified atom stereocenters. The van der Waals surface area contributed by atoms with Crippen LogP contribution >= 0.6 is 23.5 Å². The maximum absolute atomic E-state index is 11.9. The van der Waals surface area contributed by atoms with Crippen molar-refractivity contribution in [3.8, 4) is 0 Å². The van der Waals surface area contributed by atoms with E-state index < -0.39 is 74.7 Å². The van der Waals surface area contributed by atoms with E-state index in [1.807, 2.05) is 0 Å². The van der Waals surface area contributed by atoms with Crippen LogP contribution in [0.15, 0.2) is 12.7 Å². The Morgan fingerprint density at radius 2 is 1.74 bits per heavy atom. The summed E-state index contributed by atoms with van der Waals surface area (Å²) in [6, 6.07) is 0. The summed E-state index contributed by atoms with van der Waals surface area (Å²) in [7, 11) is -17.1. The molecule has 7 N–H and O–H groups in total. The minimum Gasteiger partial charge on any atom is -0.385 e. The zero-order chi connectivity index (χ0) is 26.4. The Balaban J connectivity index is 1.81. The molecule has 1 fully saturated rings. The Kier molecular flexibility index (Phi) is 8.39. The van der Waals surface area contributed by atoms with Gasteiger partial charge in [0.2, 0.25) is 6.10 Å². The fraction of sp³-hybridized carbons (Fsp3) is 0.500. The molecule has 0 aliphatic carbocycles. The number of imidazole rings is 1. The smallest absolute Gasteiger partial charge is 0.385 e. The summed E-state index contributed by atoms with van der Waals surface area (Å²) >= 11 is -6.54. The molecule has 3 heterocycles. The summed E-state index contributed by atoms with van der Waals surface area (Å²) in [6.07, 6.45) is -5.25. The predicted molar refractivity (Wildman–Crippen MR) is 94.3 cm³/mol. The molecule has 1 aliphatic rings. The SMILES string of the molecule is Nc1ncnc2c1ncn2[C@@H]1O[C@H](COP(=O)(O)OP(=O)(O)OP(=O)(O)O)[C@@H](O[I+3]([O-])([O-])[O-])[C@H]1O. The Morgan fingerprint density at radius 3 is 2.34 bits per heavy atom. The number of phosphoric acid groups is 3. The molecule has 1 aliphatic heterocycles. The van der Waals surface area contributed by atoms with Gasteiger partial charge in [-0.25, -0.2) is 28.6 Å². The second-order valence-corrected chi connectivity index (χ2v) is 13.5. The maximum Gasteiger partial charge on any atom is 0.490 e. The molecular weight excluding hydrogens is 666 g/mol. The number of hydrogen-bond donors (Lipinski definition) is 6. The number of anilines is 1. The zero-order valence-electron chi connectivity index (χ0n) is 16.5. The minimum absolute atomic E-state index is 0.00709. The van der Waals surface area contributed by atoms with Gasteiger partial charge < -0.3 is 35.2 Å². The van der Waals surface area contributed by atoms with E-state index in [2.05, 4.69) is 31.2 Å². The van der Waals surface area contributed by atoms with Crippen molar-refractivity contribution in [2.24, 2.45) is 0 Å². The summed E-state index contributed by atoms with van der Waals surface area (Å²) in [4.78, 5) is 47.3. The van der Waals surface area contributed by atoms with Crippen LogP contribution in [-0.2, 0) is 34.6 Å². The van der Waals surface area contributed by atoms with E-state index in [0.717, 1.165) is 17.2 Å². The lowest BCUT2D eigenvalue weighted by Crippen LogP contribution is -4.24. The van der Waals surface area contributed by atoms with E-state index in [0.29, 0.717) is 0 Å². The van der Waals surface area contributed by atoms with Gasteiger partial charge in [0.15, 0.2) is 17.7 Å². The van der Waals surface area contributed by atoms with Crippen LogP contribution in [0, 0.1) is 0 Å². The highest BCUT2D eigenvalue weighted by Gasteiger charge is 2.55. The van der Waals surface area contributed by atoms with Crippen LogP contribution in [-0.4, -0.2) is 69.1 Å². The molecule has 21 nitrogen and oxygen atoms in total. The van der Waals surface area contributed by atoms with Crippen molar-refractivity contribution < 1.29 is 89.7 Å². The number of aliphatic hydroxyl groups is 1. The first-order valence-electron chi connectivity index (χ1n) is 8.51. The van der Waals surface area contributed by atoms with Crippen LogP contribution in [0.1, 0.15) is 6.23 Å². The molecule has 25 heteroatoms. The summed E-state index contributed by atoms with van der Waals surface area (Å²) in [5, 5.41) is 10.6. The van der Waals surface area contributed by atoms with Crippen LogP contribution in [0.25, 0.3) is 11.2 Å². The van der Waals surface area contributed by atoms with Gasteiger partial charge in [-0.1, -0.05) is 0 Å². The predicted octanol–water partition coefficient (Wildman–Crippen LogP) is -7.70. The Labute approximate surface area is 199 Å². The van der Waals surface area contributed by atoms with Crippen molar-refractivity contribution in [1.82, 2.24) is 19.5 Å². The molecular formula is C10H15IN5O16P3. The third-order valence-electron chi connectivity index (χ3n) is 4.00. The number of rotatable bonds is 10. The van der Waals surface area contributed by atoms with Gasteiger partial charge in [0.1, 0.15) is 24.1 Å². The van der Waals surface area contributed by atoms with Gasteiger partial charge in [-0.15, -0.1) is 0 Å². The maximum atomic E-state index is 11.9. The van der Waals surface area contributed by atoms with E-state index in [1.54, 1.807) is 0 Å². The molecule has 0 aromatic carbocycles. The zero-order valence-corrected chi connectivity index (χ0v) is 21.3. The monoisotopic (exact) mass is 681 g/mol. The Bertz CT molecular complexity index is 1220. The van der Waals surface area contributed by atoms with Crippen molar-refractivity contribution in [2.75, 3.05) is 12.3 Å². The number of phosphoric ester groups is 1. The third-order valence-corrected chi connectivity index (χ3v) is 9.01. The highest BCUT2D eigenvalue weighted by atomic mass is 127. The fourth-order valence-corrected chi connectivity index (χ4v) is 7.22. The lowest BCUT2D eigenvalue weighted by Gasteiger charge is -2.19. The van der Waals surface area contributed by atoms with Crippen molar-refractivity contribution in [3.63, 3.8) is 0 Å². The number of aromatic nitrogens is 4. The molecule has 0 radical (unpaired) electrons. The van der Waals surface area contributed by atoms with Crippen LogP contribution in [0.2, 0.25) is 0 Å². The Hall–Kier alpha value is -0.750. The highest BCUT2D eigenvalue weighted by Crippen LogP contribution is 2.66. The van der Waals surface area contributed by atoms with Crippen LogP contribution in [0.4, 0.5) is 5.82 Å². The van der Waals surface area contributed by atoms with Gasteiger partial charge in [-0.05, 0) is 0 Å². The number of aliphatic hydroxyl groups excluding tert-OH is 1. The Morgan fingerprint density at radius 1 is 1.09 bits per heavy atom. The summed E-state index contributed by atoms with van der Waals surface area (Å²) in [5.41, 5.74) is 5.71. The van der Waals surface area contributed by atoms with Crippen LogP contribution in [0.3, 0.4) is 0 Å². The minimum atomic E-state index is -6.54. The number of hydrogen-bond acceptors (Lipinski definition) is 16. The van der Waals surface area contributed by atoms with Crippen LogP contribution in [0.5, 0.6) is 0 Å². The second kappa shape index (κ2) is 10.2. The molecule has 1 saturated heterocycles. The van der Waals surface area contributed by atoms with Gasteiger partial charge in [0.25, 0.3) is 0 Å². The summed E-state index contributed by atoms with van der Waals surface area (Å²) in [6.45, 7) is -1.22. The number of nitrogens with zero attached hydrogens (tertiary/aromatic N) is 4. The largest absolute Gasteiger partial charge is 0.490 e. The van der Waals surface area contributed by atoms with Crippen molar-refractivity contribution >= 4 is 40.4 Å². The first-order valence-corrected chi connectivity index (χ1v) is 16.6. The van der Waals surface area contributed by atoms with Crippen molar-refractivity contribution in [1.29, 1.82) is 0 Å². The number of nitrogens with two attached hydrogens (primary N) is 1. The normalized spacial score (nSPS) is 27.1. The van der Waals surface area contributed by atoms with E-state index in [-0.39, 0.29) is 17.0 Å². The number of fused-ring (bicyclic) bond motifs is 1. The van der Waals surface area contributed by atoms with E-state index in [1.165, 1.54) is 0 Å². The molecule has 0 amide bonds. The van der Waals surface area contributed by atoms with E-state index in [4.69, 9.17) is 20.3 Å². The topological polar surface area (TPSA) is 337 Å². The highest BCUT2D eigenvalue weighted by molar-refractivity contribution is 7.66. The molecule has 0 spiro atoms. The van der Waals surface area contributed by atoms with Gasteiger partial charge in [0, 0.05) is 3.07 Å². The molecule has 0 saturated carbocycles. The second-order valence-electron chi connectivity index (χ2n) is 6.46. The first kappa shape index (κ1) is 28.8. The summed E-state index contributed by atoms with van der Waals surface area (Å²) < 4.78 is 89.9. The van der Waals surface area contributed by atoms with Gasteiger partial charge >= 0.3 is 43.6 Å². The summed E-state index contributed by atoms with van der Waals surface area (Å²) in [5.74, 6) is -0.0643. The molecule has 35 heavy (non-hydrogen) atoms. The average molecular weight is 681 g/mol. The lowest BCUT2D eigenvalue weighted by molar-refractivity contribution is -1.92. The van der Waals surface area contributed by atoms with Gasteiger partial charge in [-0.3, -0.25) is 19.4 Å². The fourth-order valence-electron chi connectivity index (χ4n) is 2.85. The molecule has 3 rings (SSSR count). The van der Waals surface area contributed by atoms with E-state index >= 15 is 0 Å². The average Bonchev–Trinajstić information content (AvgIpc) is 3.19. The van der Waals surface area contributed by atoms with Gasteiger partial charge in [0.05, 0.1) is 12.9 Å². The molecule has 2 aromatic heterocycles. The standard InChI is InChI=1S/C10H15IN5O16P3/c12-8-5-9(14-2-13-8)16(3-15-5)10-6(17)7(30-11(18,19)20)4(29-10)1-28-34(24,25)32-35(26,27)31-33(21,22)23/h2-4,6-7,10,17H,1H2,(H,24,25)(H,26,27)(H2,12,13,14)(H2,21,22,23)/t4-,6-,7-,10-/m1/s1. The third kappa shape index (κ3) is 7.63. The lowest BCUT2D eigenvalue weighted by atomic mass is 10.1. The molecule has 198 valence electrons. The van der Waals surface area contributed by atoms with Gasteiger partial charge in [-0.2, -0.15) is 8.62 Å². The van der Waals surface area contributed by atoms with Crippen molar-refractivity contribution in [3.05, 3.63) is 12.7 Å². The number of nitrogen functional groups attached to an aromatic ring is 1. The molecule has 2 aromatic rings. The number of ether oxygens (including phenoxy) is 1. The molecule has 0 bridgehead atoms. The van der Waals surface area contributed by atoms with E-state index in [9.17, 15) is 38.9 Å². The van der Waals surface area contributed by atoms with Crippen LogP contribution < -0.4 is 36.1 Å². The quantitative estimate of drug-likeness (QED) is 0.100. The van der Waals surface area contributed by atoms with Crippen molar-refractivity contribution in [2.45, 2.75) is 24.5 Å². The number of halogens is 1. The first-order chi connectivity index (χ1) is 15.9.